The zero-order chi connectivity index (χ0) is 57.0. The summed E-state index contributed by atoms with van der Waals surface area (Å²) in [5, 5.41) is 0. The topological polar surface area (TPSA) is 111 Å². The van der Waals surface area contributed by atoms with E-state index in [1.54, 1.807) is 0 Å². The van der Waals surface area contributed by atoms with Crippen LogP contribution < -0.4 is 4.89 Å². The Hall–Kier alpha value is -3.59. The second kappa shape index (κ2) is 58.1. The molecule has 0 aromatic carbocycles. The van der Waals surface area contributed by atoms with Gasteiger partial charge in [0.15, 0.2) is 6.10 Å². The highest BCUT2D eigenvalue weighted by Gasteiger charge is 2.22. The summed E-state index contributed by atoms with van der Waals surface area (Å²) in [5.41, 5.74) is 0. The predicted octanol–water partition coefficient (Wildman–Crippen LogP) is 19.3. The second-order valence-corrected chi connectivity index (χ2v) is 23.1. The zero-order valence-corrected chi connectivity index (χ0v) is 51.5. The van der Waals surface area contributed by atoms with E-state index in [-0.39, 0.29) is 32.0 Å². The molecule has 0 aliphatic carbocycles. The molecule has 0 radical (unpaired) electrons. The number of likely N-dealkylation sites (N-methyl/N-ethyl adjacent to an activating group) is 1. The minimum absolute atomic E-state index is 0.0375. The molecule has 0 aromatic rings. The number of allylic oxidation sites excluding steroid dienone is 20. The van der Waals surface area contributed by atoms with Crippen LogP contribution in [0.1, 0.15) is 245 Å². The largest absolute Gasteiger partial charge is 0.756 e. The summed E-state index contributed by atoms with van der Waals surface area (Å²) >= 11 is 0. The number of hydrogen-bond donors (Lipinski definition) is 0. The first-order valence-corrected chi connectivity index (χ1v) is 32.7. The standard InChI is InChI=1S/C68H116NO8P/c1-6-8-10-12-14-16-18-20-22-24-26-28-30-32-34-36-38-40-42-44-46-48-50-52-54-56-58-60-67(70)74-64-66(65-76-78(72,73)75-63-62-69(3,4)5)77-68(71)61-59-57-55-53-51-49-47-45-43-41-39-37-35-33-31-29-27-25-23-21-19-17-15-13-11-9-7-2/h8-11,14-17,20-23,26-29,32-35,66H,6-7,12-13,18-19,24-25,30-31,36-65H2,1-5H3/b10-8-,11-9-,16-14-,17-15-,22-20-,23-21-,28-26-,29-27-,34-32-,35-33-. The van der Waals surface area contributed by atoms with E-state index in [0.717, 1.165) is 122 Å². The molecule has 0 N–H and O–H groups in total. The molecule has 78 heavy (non-hydrogen) atoms. The van der Waals surface area contributed by atoms with E-state index in [4.69, 9.17) is 18.5 Å². The average Bonchev–Trinajstić information content (AvgIpc) is 3.41. The lowest BCUT2D eigenvalue weighted by molar-refractivity contribution is -0.870. The van der Waals surface area contributed by atoms with Crippen LogP contribution in [0.5, 0.6) is 0 Å². The third-order valence-electron chi connectivity index (χ3n) is 13.0. The number of unbranched alkanes of at least 4 members (excludes halogenated alkanes) is 22. The summed E-state index contributed by atoms with van der Waals surface area (Å²) in [4.78, 5) is 38.0. The van der Waals surface area contributed by atoms with Crippen molar-refractivity contribution in [3.05, 3.63) is 122 Å². The van der Waals surface area contributed by atoms with Gasteiger partial charge in [0, 0.05) is 12.8 Å². The molecule has 0 amide bonds. The Bertz CT molecular complexity index is 1730. The molecule has 2 atom stereocenters. The molecule has 0 aliphatic rings. The van der Waals surface area contributed by atoms with Gasteiger partial charge >= 0.3 is 11.9 Å². The van der Waals surface area contributed by atoms with Gasteiger partial charge in [-0.15, -0.1) is 0 Å². The van der Waals surface area contributed by atoms with E-state index >= 15 is 0 Å². The minimum Gasteiger partial charge on any atom is -0.756 e. The predicted molar refractivity (Wildman–Crippen MR) is 332 cm³/mol. The van der Waals surface area contributed by atoms with Crippen molar-refractivity contribution in [2.45, 2.75) is 251 Å². The first-order chi connectivity index (χ1) is 38.0. The Morgan fingerprint density at radius 2 is 0.692 bits per heavy atom. The normalized spacial score (nSPS) is 14.1. The van der Waals surface area contributed by atoms with Crippen LogP contribution >= 0.6 is 7.82 Å². The van der Waals surface area contributed by atoms with Gasteiger partial charge in [0.1, 0.15) is 19.8 Å². The quantitative estimate of drug-likeness (QED) is 0.0195. The molecular formula is C68H116NO8P. The summed E-state index contributed by atoms with van der Waals surface area (Å²) in [5.74, 6) is -0.843. The van der Waals surface area contributed by atoms with Gasteiger partial charge in [-0.05, 0) is 103 Å². The molecule has 446 valence electrons. The van der Waals surface area contributed by atoms with Crippen molar-refractivity contribution in [1.82, 2.24) is 0 Å². The van der Waals surface area contributed by atoms with Gasteiger partial charge in [-0.1, -0.05) is 251 Å². The van der Waals surface area contributed by atoms with Crippen LogP contribution in [0, 0.1) is 0 Å². The number of phosphoric ester groups is 1. The van der Waals surface area contributed by atoms with Crippen molar-refractivity contribution < 1.29 is 42.1 Å². The number of nitrogens with zero attached hydrogens (tertiary/aromatic N) is 1. The SMILES string of the molecule is CC/C=C\C/C=C\C/C=C\C/C=C\C/C=C\CCCCCCCCCCCCCC(=O)OCC(COP(=O)([O-])OCC[N+](C)(C)C)OC(=O)CCCCCCCCCCCCC/C=C\C/C=C\C/C=C\C/C=C\C/C=C\CC. The van der Waals surface area contributed by atoms with Gasteiger partial charge in [0.25, 0.3) is 7.82 Å². The number of carbonyl (C=O) groups is 2. The fourth-order valence-electron chi connectivity index (χ4n) is 8.24. The number of rotatable bonds is 56. The van der Waals surface area contributed by atoms with E-state index < -0.39 is 26.5 Å². The second-order valence-electron chi connectivity index (χ2n) is 21.7. The van der Waals surface area contributed by atoms with Crippen LogP contribution in [-0.4, -0.2) is 70.0 Å². The molecular weight excluding hydrogens is 990 g/mol. The maximum atomic E-state index is 12.8. The number of esters is 2. The van der Waals surface area contributed by atoms with Crippen molar-refractivity contribution >= 4 is 19.8 Å². The van der Waals surface area contributed by atoms with Crippen molar-refractivity contribution in [3.63, 3.8) is 0 Å². The maximum Gasteiger partial charge on any atom is 0.306 e. The van der Waals surface area contributed by atoms with Crippen LogP contribution in [0.3, 0.4) is 0 Å². The zero-order valence-electron chi connectivity index (χ0n) is 50.6. The highest BCUT2D eigenvalue weighted by atomic mass is 31.2. The van der Waals surface area contributed by atoms with Crippen LogP contribution in [0.25, 0.3) is 0 Å². The molecule has 0 bridgehead atoms. The molecule has 2 unspecified atom stereocenters. The van der Waals surface area contributed by atoms with Crippen molar-refractivity contribution in [1.29, 1.82) is 0 Å². The van der Waals surface area contributed by atoms with Gasteiger partial charge in [0.2, 0.25) is 0 Å². The smallest absolute Gasteiger partial charge is 0.306 e. The highest BCUT2D eigenvalue weighted by molar-refractivity contribution is 7.45. The molecule has 9 nitrogen and oxygen atoms in total. The number of phosphoric acid groups is 1. The van der Waals surface area contributed by atoms with Crippen LogP contribution in [0.4, 0.5) is 0 Å². The lowest BCUT2D eigenvalue weighted by Crippen LogP contribution is -2.37. The number of quaternary nitrogens is 1. The van der Waals surface area contributed by atoms with Crippen LogP contribution in [-0.2, 0) is 32.7 Å². The monoisotopic (exact) mass is 1110 g/mol. The third-order valence-corrected chi connectivity index (χ3v) is 13.9. The molecule has 0 rings (SSSR count). The Kier molecular flexibility index (Phi) is 55.4. The van der Waals surface area contributed by atoms with Gasteiger partial charge in [-0.25, -0.2) is 0 Å². The molecule has 0 fully saturated rings. The van der Waals surface area contributed by atoms with Crippen LogP contribution in [0.2, 0.25) is 0 Å². The Morgan fingerprint density at radius 1 is 0.397 bits per heavy atom. The summed E-state index contributed by atoms with van der Waals surface area (Å²) in [6.07, 6.45) is 82.4. The van der Waals surface area contributed by atoms with Crippen molar-refractivity contribution in [3.8, 4) is 0 Å². The fourth-order valence-corrected chi connectivity index (χ4v) is 8.97. The molecule has 0 saturated carbocycles. The lowest BCUT2D eigenvalue weighted by Gasteiger charge is -2.28. The Labute approximate surface area is 479 Å². The van der Waals surface area contributed by atoms with Gasteiger partial charge in [-0.2, -0.15) is 0 Å². The average molecular weight is 1110 g/mol. The summed E-state index contributed by atoms with van der Waals surface area (Å²) in [6.45, 7) is 4.01. The first-order valence-electron chi connectivity index (χ1n) is 31.2. The van der Waals surface area contributed by atoms with Crippen LogP contribution in [0.15, 0.2) is 122 Å². The van der Waals surface area contributed by atoms with E-state index in [1.165, 1.54) is 89.9 Å². The minimum atomic E-state index is -4.65. The molecule has 10 heteroatoms. The van der Waals surface area contributed by atoms with E-state index in [9.17, 15) is 19.0 Å². The van der Waals surface area contributed by atoms with Crippen molar-refractivity contribution in [2.75, 3.05) is 47.5 Å². The fraction of sp³-hybridized carbons (Fsp3) is 0.676. The molecule has 0 aliphatic heterocycles. The molecule has 0 heterocycles. The van der Waals surface area contributed by atoms with E-state index in [2.05, 4.69) is 135 Å². The summed E-state index contributed by atoms with van der Waals surface area (Å²) in [6, 6.07) is 0. The summed E-state index contributed by atoms with van der Waals surface area (Å²) < 4.78 is 34.2. The Balaban J connectivity index is 4.16. The highest BCUT2D eigenvalue weighted by Crippen LogP contribution is 2.38. The number of carbonyl (C=O) groups excluding carboxylic acids is 2. The molecule has 0 saturated heterocycles. The number of ether oxygens (including phenoxy) is 2. The van der Waals surface area contributed by atoms with Gasteiger partial charge in [-0.3, -0.25) is 14.2 Å². The molecule has 0 aromatic heterocycles. The third kappa shape index (κ3) is 61.6. The van der Waals surface area contributed by atoms with Gasteiger partial charge < -0.3 is 27.9 Å². The number of hydrogen-bond acceptors (Lipinski definition) is 8. The van der Waals surface area contributed by atoms with E-state index in [1.807, 2.05) is 21.1 Å². The van der Waals surface area contributed by atoms with Gasteiger partial charge in [0.05, 0.1) is 27.7 Å². The lowest BCUT2D eigenvalue weighted by atomic mass is 10.0. The first kappa shape index (κ1) is 74.4. The van der Waals surface area contributed by atoms with E-state index in [0.29, 0.717) is 17.4 Å². The van der Waals surface area contributed by atoms with Crippen molar-refractivity contribution in [2.24, 2.45) is 0 Å². The maximum absolute atomic E-state index is 12.8. The Morgan fingerprint density at radius 3 is 1.03 bits per heavy atom. The molecule has 0 spiro atoms. The summed E-state index contributed by atoms with van der Waals surface area (Å²) in [7, 11) is 1.15.